The zero-order valence-electron chi connectivity index (χ0n) is 17.9. The van der Waals surface area contributed by atoms with Crippen LogP contribution in [-0.2, 0) is 6.54 Å². The van der Waals surface area contributed by atoms with E-state index >= 15 is 0 Å². The summed E-state index contributed by atoms with van der Waals surface area (Å²) < 4.78 is 2.01. The zero-order chi connectivity index (χ0) is 22.1. The lowest BCUT2D eigenvalue weighted by atomic mass is 9.94. The molecule has 1 aliphatic heterocycles. The van der Waals surface area contributed by atoms with Crippen LogP contribution in [-0.4, -0.2) is 43.1 Å². The lowest BCUT2D eigenvalue weighted by molar-refractivity contribution is 0.0350. The Morgan fingerprint density at radius 1 is 1.06 bits per heavy atom. The maximum absolute atomic E-state index is 10.2. The molecule has 32 heavy (non-hydrogen) atoms. The number of halogens is 1. The van der Waals surface area contributed by atoms with Gasteiger partial charge in [0.2, 0.25) is 5.95 Å². The summed E-state index contributed by atoms with van der Waals surface area (Å²) >= 11 is 6.27. The molecule has 0 spiro atoms. The van der Waals surface area contributed by atoms with E-state index < -0.39 is 5.60 Å². The van der Waals surface area contributed by atoms with Gasteiger partial charge in [-0.3, -0.25) is 0 Å². The van der Waals surface area contributed by atoms with E-state index in [1.807, 2.05) is 53.9 Å². The monoisotopic (exact) mass is 448 g/mol. The number of nitrogens with zero attached hydrogens (tertiary/aromatic N) is 5. The highest BCUT2D eigenvalue weighted by Gasteiger charge is 2.28. The van der Waals surface area contributed by atoms with Crippen molar-refractivity contribution in [1.29, 1.82) is 0 Å². The number of fused-ring (bicyclic) bond motifs is 1. The molecular formula is C24H25ClN6O. The largest absolute Gasteiger partial charge is 0.390 e. The topological polar surface area (TPSA) is 78.6 Å². The molecule has 0 unspecified atom stereocenters. The van der Waals surface area contributed by atoms with E-state index in [1.54, 1.807) is 6.20 Å². The first-order valence-electron chi connectivity index (χ1n) is 10.7. The predicted molar refractivity (Wildman–Crippen MR) is 127 cm³/mol. The third-order valence-corrected chi connectivity index (χ3v) is 6.17. The first kappa shape index (κ1) is 20.7. The van der Waals surface area contributed by atoms with Gasteiger partial charge >= 0.3 is 0 Å². The molecule has 7 nitrogen and oxygen atoms in total. The Morgan fingerprint density at radius 3 is 2.62 bits per heavy atom. The molecule has 4 heterocycles. The number of pyridine rings is 1. The van der Waals surface area contributed by atoms with Crippen LogP contribution in [0.3, 0.4) is 0 Å². The molecule has 8 heteroatoms. The average Bonchev–Trinajstić information content (AvgIpc) is 3.16. The van der Waals surface area contributed by atoms with Crippen LogP contribution >= 0.6 is 11.6 Å². The second-order valence-corrected chi connectivity index (χ2v) is 8.86. The number of hydrogen-bond donors (Lipinski definition) is 2. The van der Waals surface area contributed by atoms with Gasteiger partial charge in [0.05, 0.1) is 28.6 Å². The summed E-state index contributed by atoms with van der Waals surface area (Å²) in [6.45, 7) is 3.93. The van der Waals surface area contributed by atoms with Crippen LogP contribution < -0.4 is 10.2 Å². The molecule has 1 saturated heterocycles. The van der Waals surface area contributed by atoms with Crippen molar-refractivity contribution in [3.05, 3.63) is 71.6 Å². The fraction of sp³-hybridized carbons (Fsp3) is 0.292. The SMILES string of the molecule is CC1(O)CCN(c2ccnc(NCc3c(-c4ccccc4)nc4ccc(Cl)cn34)n2)CC1. The summed E-state index contributed by atoms with van der Waals surface area (Å²) in [5.74, 6) is 1.42. The average molecular weight is 449 g/mol. The number of imidazole rings is 1. The van der Waals surface area contributed by atoms with Crippen molar-refractivity contribution in [2.75, 3.05) is 23.3 Å². The van der Waals surface area contributed by atoms with Gasteiger partial charge in [0, 0.05) is 31.0 Å². The molecule has 1 aromatic carbocycles. The molecule has 0 aliphatic carbocycles. The molecule has 0 radical (unpaired) electrons. The zero-order valence-corrected chi connectivity index (χ0v) is 18.6. The van der Waals surface area contributed by atoms with Gasteiger partial charge in [0.25, 0.3) is 0 Å². The molecule has 0 amide bonds. The van der Waals surface area contributed by atoms with Crippen molar-refractivity contribution in [2.45, 2.75) is 31.9 Å². The van der Waals surface area contributed by atoms with Gasteiger partial charge in [0.15, 0.2) is 0 Å². The Kier molecular flexibility index (Phi) is 5.45. The Balaban J connectivity index is 1.42. The summed E-state index contributed by atoms with van der Waals surface area (Å²) in [5.41, 5.74) is 3.16. The van der Waals surface area contributed by atoms with Crippen LogP contribution in [0.1, 0.15) is 25.5 Å². The van der Waals surface area contributed by atoms with Crippen LogP contribution in [0.5, 0.6) is 0 Å². The van der Waals surface area contributed by atoms with Gasteiger partial charge in [-0.05, 0) is 38.0 Å². The highest BCUT2D eigenvalue weighted by atomic mass is 35.5. The number of anilines is 2. The van der Waals surface area contributed by atoms with E-state index in [4.69, 9.17) is 21.6 Å². The smallest absolute Gasteiger partial charge is 0.224 e. The highest BCUT2D eigenvalue weighted by Crippen LogP contribution is 2.27. The molecule has 5 rings (SSSR count). The molecule has 0 saturated carbocycles. The minimum Gasteiger partial charge on any atom is -0.390 e. The summed E-state index contributed by atoms with van der Waals surface area (Å²) in [7, 11) is 0. The Bertz CT molecular complexity index is 1230. The minimum absolute atomic E-state index is 0.490. The van der Waals surface area contributed by atoms with Crippen LogP contribution in [0, 0.1) is 0 Å². The third-order valence-electron chi connectivity index (χ3n) is 5.95. The van der Waals surface area contributed by atoms with Crippen molar-refractivity contribution in [2.24, 2.45) is 0 Å². The number of piperidine rings is 1. The van der Waals surface area contributed by atoms with Gasteiger partial charge in [-0.25, -0.2) is 9.97 Å². The van der Waals surface area contributed by atoms with E-state index in [0.717, 1.165) is 54.3 Å². The fourth-order valence-electron chi connectivity index (χ4n) is 4.05. The van der Waals surface area contributed by atoms with Gasteiger partial charge < -0.3 is 19.7 Å². The fourth-order valence-corrected chi connectivity index (χ4v) is 4.21. The molecule has 0 atom stereocenters. The van der Waals surface area contributed by atoms with E-state index in [0.29, 0.717) is 17.5 Å². The second kappa shape index (κ2) is 8.41. The summed E-state index contributed by atoms with van der Waals surface area (Å²) in [6, 6.07) is 15.8. The molecule has 0 bridgehead atoms. The number of hydrogen-bond acceptors (Lipinski definition) is 6. The van der Waals surface area contributed by atoms with Gasteiger partial charge in [-0.15, -0.1) is 0 Å². The van der Waals surface area contributed by atoms with Gasteiger partial charge in [-0.1, -0.05) is 41.9 Å². The van der Waals surface area contributed by atoms with E-state index in [2.05, 4.69) is 27.3 Å². The molecular weight excluding hydrogens is 424 g/mol. The molecule has 2 N–H and O–H groups in total. The van der Waals surface area contributed by atoms with E-state index in [9.17, 15) is 5.11 Å². The third kappa shape index (κ3) is 4.26. The van der Waals surface area contributed by atoms with Gasteiger partial charge in [-0.2, -0.15) is 4.98 Å². The number of nitrogens with one attached hydrogen (secondary N) is 1. The normalized spacial score (nSPS) is 15.8. The maximum atomic E-state index is 10.2. The Morgan fingerprint density at radius 2 is 1.84 bits per heavy atom. The molecule has 164 valence electrons. The molecule has 4 aromatic rings. The lowest BCUT2D eigenvalue weighted by Gasteiger charge is -2.36. The van der Waals surface area contributed by atoms with E-state index in [-0.39, 0.29) is 0 Å². The maximum Gasteiger partial charge on any atom is 0.224 e. The Labute approximate surface area is 191 Å². The van der Waals surface area contributed by atoms with Crippen LogP contribution in [0.25, 0.3) is 16.9 Å². The minimum atomic E-state index is -0.594. The van der Waals surface area contributed by atoms with E-state index in [1.165, 1.54) is 0 Å². The number of rotatable bonds is 5. The van der Waals surface area contributed by atoms with Crippen LogP contribution in [0.15, 0.2) is 60.9 Å². The predicted octanol–water partition coefficient (Wildman–Crippen LogP) is 4.41. The van der Waals surface area contributed by atoms with Crippen LogP contribution in [0.2, 0.25) is 5.02 Å². The van der Waals surface area contributed by atoms with Crippen molar-refractivity contribution < 1.29 is 5.11 Å². The Hall–Kier alpha value is -3.16. The second-order valence-electron chi connectivity index (χ2n) is 8.42. The first-order chi connectivity index (χ1) is 15.5. The quantitative estimate of drug-likeness (QED) is 0.471. The first-order valence-corrected chi connectivity index (χ1v) is 11.1. The van der Waals surface area contributed by atoms with Crippen LogP contribution in [0.4, 0.5) is 11.8 Å². The van der Waals surface area contributed by atoms with Gasteiger partial charge in [0.1, 0.15) is 11.5 Å². The lowest BCUT2D eigenvalue weighted by Crippen LogP contribution is -2.42. The number of aromatic nitrogens is 4. The highest BCUT2D eigenvalue weighted by molar-refractivity contribution is 6.30. The summed E-state index contributed by atoms with van der Waals surface area (Å²) in [6.07, 6.45) is 5.09. The number of benzene rings is 1. The summed E-state index contributed by atoms with van der Waals surface area (Å²) in [4.78, 5) is 16.1. The molecule has 3 aromatic heterocycles. The number of aliphatic hydroxyl groups is 1. The van der Waals surface area contributed by atoms with Crippen molar-refractivity contribution in [3.8, 4) is 11.3 Å². The summed E-state index contributed by atoms with van der Waals surface area (Å²) in [5, 5.41) is 14.2. The van der Waals surface area contributed by atoms with Crippen molar-refractivity contribution in [1.82, 2.24) is 19.4 Å². The molecule has 1 aliphatic rings. The van der Waals surface area contributed by atoms with Crippen molar-refractivity contribution >= 4 is 29.0 Å². The van der Waals surface area contributed by atoms with Crippen molar-refractivity contribution in [3.63, 3.8) is 0 Å². The standard InChI is InChI=1S/C24H25ClN6O/c1-24(32)10-13-30(14-11-24)20-9-12-26-23(29-20)27-15-19-22(17-5-3-2-4-6-17)28-21-8-7-18(25)16-31(19)21/h2-9,12,16,32H,10-11,13-15H2,1H3,(H,26,27,29). The molecule has 1 fully saturated rings.